The maximum absolute atomic E-state index is 13.0. The summed E-state index contributed by atoms with van der Waals surface area (Å²) in [6.45, 7) is 15.5. The molecule has 9 heteroatoms. The third-order valence-electron chi connectivity index (χ3n) is 4.88. The Bertz CT molecular complexity index is 1010. The van der Waals surface area contributed by atoms with Crippen LogP contribution in [-0.2, 0) is 15.7 Å². The van der Waals surface area contributed by atoms with Crippen LogP contribution in [0.4, 0.5) is 11.5 Å². The van der Waals surface area contributed by atoms with Gasteiger partial charge >= 0.3 is 0 Å². The largest absolute Gasteiger partial charge is 0.327 e. The SMILES string of the molecule is CC(C)N(CC(=O)Nc1cc(C(C)(C)C)nn1C(C)(C)C)C(=O)c1cccc([N+](=O)[O-])c1. The van der Waals surface area contributed by atoms with Crippen molar-refractivity contribution in [2.75, 3.05) is 11.9 Å². The average Bonchev–Trinajstić information content (AvgIpc) is 3.10. The van der Waals surface area contributed by atoms with Crippen LogP contribution in [0.25, 0.3) is 0 Å². The third-order valence-corrected chi connectivity index (χ3v) is 4.88. The van der Waals surface area contributed by atoms with E-state index in [1.807, 2.05) is 47.6 Å². The number of carbonyl (C=O) groups is 2. The Balaban J connectivity index is 2.28. The summed E-state index contributed by atoms with van der Waals surface area (Å²) in [6.07, 6.45) is 0. The minimum absolute atomic E-state index is 0.162. The topological polar surface area (TPSA) is 110 Å². The van der Waals surface area contributed by atoms with Gasteiger partial charge in [0.15, 0.2) is 0 Å². The molecule has 9 nitrogen and oxygen atoms in total. The van der Waals surface area contributed by atoms with Gasteiger partial charge in [-0.3, -0.25) is 19.7 Å². The van der Waals surface area contributed by atoms with Crippen LogP contribution in [0.5, 0.6) is 0 Å². The van der Waals surface area contributed by atoms with Crippen molar-refractivity contribution < 1.29 is 14.5 Å². The van der Waals surface area contributed by atoms with Gasteiger partial charge in [-0.2, -0.15) is 5.10 Å². The van der Waals surface area contributed by atoms with Crippen LogP contribution in [0.2, 0.25) is 0 Å². The molecule has 0 fully saturated rings. The number of anilines is 1. The van der Waals surface area contributed by atoms with Crippen LogP contribution in [0.15, 0.2) is 30.3 Å². The molecule has 1 aromatic carbocycles. The van der Waals surface area contributed by atoms with Crippen molar-refractivity contribution in [2.24, 2.45) is 0 Å². The molecule has 1 aromatic heterocycles. The van der Waals surface area contributed by atoms with Crippen LogP contribution < -0.4 is 5.32 Å². The summed E-state index contributed by atoms with van der Waals surface area (Å²) in [5.41, 5.74) is 0.278. The van der Waals surface area contributed by atoms with Gasteiger partial charge in [0.2, 0.25) is 5.91 Å². The molecule has 174 valence electrons. The predicted molar refractivity (Wildman–Crippen MR) is 124 cm³/mol. The molecule has 0 radical (unpaired) electrons. The van der Waals surface area contributed by atoms with Crippen molar-refractivity contribution in [1.29, 1.82) is 0 Å². The molecular formula is C23H33N5O4. The van der Waals surface area contributed by atoms with Crippen molar-refractivity contribution in [3.8, 4) is 0 Å². The summed E-state index contributed by atoms with van der Waals surface area (Å²) in [5, 5.41) is 18.6. The Hall–Kier alpha value is -3.23. The molecule has 32 heavy (non-hydrogen) atoms. The molecule has 0 saturated heterocycles. The van der Waals surface area contributed by atoms with E-state index in [-0.39, 0.29) is 40.7 Å². The highest BCUT2D eigenvalue weighted by molar-refractivity contribution is 5.99. The van der Waals surface area contributed by atoms with Gasteiger partial charge in [-0.1, -0.05) is 26.8 Å². The first-order chi connectivity index (χ1) is 14.6. The van der Waals surface area contributed by atoms with E-state index < -0.39 is 10.8 Å². The maximum atomic E-state index is 13.0. The van der Waals surface area contributed by atoms with Gasteiger partial charge in [0.1, 0.15) is 12.4 Å². The summed E-state index contributed by atoms with van der Waals surface area (Å²) < 4.78 is 1.77. The number of nitrogens with zero attached hydrogens (tertiary/aromatic N) is 4. The van der Waals surface area contributed by atoms with Crippen molar-refractivity contribution in [3.05, 3.63) is 51.7 Å². The van der Waals surface area contributed by atoms with Crippen molar-refractivity contribution >= 4 is 23.3 Å². The molecule has 2 rings (SSSR count). The Morgan fingerprint density at radius 2 is 1.78 bits per heavy atom. The highest BCUT2D eigenvalue weighted by atomic mass is 16.6. The van der Waals surface area contributed by atoms with Gasteiger partial charge < -0.3 is 10.2 Å². The second-order valence-corrected chi connectivity index (χ2v) is 10.1. The van der Waals surface area contributed by atoms with Gasteiger partial charge in [0.05, 0.1) is 16.2 Å². The number of carbonyl (C=O) groups excluding carboxylic acids is 2. The Morgan fingerprint density at radius 1 is 1.16 bits per heavy atom. The van der Waals surface area contributed by atoms with E-state index in [4.69, 9.17) is 0 Å². The molecule has 1 heterocycles. The number of amides is 2. The number of non-ortho nitro benzene ring substituents is 1. The second-order valence-electron chi connectivity index (χ2n) is 10.1. The zero-order valence-electron chi connectivity index (χ0n) is 20.1. The molecule has 2 aromatic rings. The van der Waals surface area contributed by atoms with E-state index in [2.05, 4.69) is 10.4 Å². The summed E-state index contributed by atoms with van der Waals surface area (Å²) in [5.74, 6) is -0.263. The number of rotatable bonds is 6. The number of nitro groups is 1. The number of hydrogen-bond donors (Lipinski definition) is 1. The van der Waals surface area contributed by atoms with E-state index >= 15 is 0 Å². The molecule has 0 aliphatic carbocycles. The summed E-state index contributed by atoms with van der Waals surface area (Å²) >= 11 is 0. The number of hydrogen-bond acceptors (Lipinski definition) is 5. The number of nitro benzene ring substituents is 1. The first-order valence-corrected chi connectivity index (χ1v) is 10.6. The van der Waals surface area contributed by atoms with Crippen molar-refractivity contribution in [2.45, 2.75) is 72.4 Å². The maximum Gasteiger partial charge on any atom is 0.270 e. The van der Waals surface area contributed by atoms with Crippen LogP contribution in [0.1, 0.15) is 71.4 Å². The predicted octanol–water partition coefficient (Wildman–Crippen LogP) is 4.33. The monoisotopic (exact) mass is 443 g/mol. The Morgan fingerprint density at radius 3 is 2.28 bits per heavy atom. The molecule has 0 aliphatic rings. The Labute approximate surface area is 188 Å². The fourth-order valence-electron chi connectivity index (χ4n) is 3.09. The molecule has 0 saturated carbocycles. The lowest BCUT2D eigenvalue weighted by molar-refractivity contribution is -0.384. The van der Waals surface area contributed by atoms with Crippen LogP contribution in [0.3, 0.4) is 0 Å². The number of aromatic nitrogens is 2. The molecule has 0 spiro atoms. The first kappa shape index (κ1) is 25.0. The minimum Gasteiger partial charge on any atom is -0.327 e. The number of nitrogens with one attached hydrogen (secondary N) is 1. The zero-order valence-corrected chi connectivity index (χ0v) is 20.1. The summed E-state index contributed by atoms with van der Waals surface area (Å²) in [6, 6.07) is 7.08. The smallest absolute Gasteiger partial charge is 0.270 e. The van der Waals surface area contributed by atoms with Gasteiger partial charge in [0, 0.05) is 35.2 Å². The van der Waals surface area contributed by atoms with Crippen LogP contribution >= 0.6 is 0 Å². The molecule has 0 atom stereocenters. The third kappa shape index (κ3) is 5.93. The van der Waals surface area contributed by atoms with E-state index in [0.717, 1.165) is 5.69 Å². The fraction of sp³-hybridized carbons (Fsp3) is 0.522. The fourth-order valence-corrected chi connectivity index (χ4v) is 3.09. The summed E-state index contributed by atoms with van der Waals surface area (Å²) in [7, 11) is 0. The van der Waals surface area contributed by atoms with Crippen molar-refractivity contribution in [1.82, 2.24) is 14.7 Å². The van der Waals surface area contributed by atoms with Gasteiger partial charge in [0.25, 0.3) is 11.6 Å². The lowest BCUT2D eigenvalue weighted by atomic mass is 9.92. The summed E-state index contributed by atoms with van der Waals surface area (Å²) in [4.78, 5) is 37.8. The molecule has 0 bridgehead atoms. The molecule has 0 unspecified atom stereocenters. The lowest BCUT2D eigenvalue weighted by Gasteiger charge is -2.27. The second kappa shape index (κ2) is 9.10. The van der Waals surface area contributed by atoms with Gasteiger partial charge in [-0.05, 0) is 40.7 Å². The van der Waals surface area contributed by atoms with E-state index in [1.54, 1.807) is 18.5 Å². The minimum atomic E-state index is -0.552. The molecular weight excluding hydrogens is 410 g/mol. The van der Waals surface area contributed by atoms with E-state index in [0.29, 0.717) is 5.82 Å². The molecule has 1 N–H and O–H groups in total. The highest BCUT2D eigenvalue weighted by Crippen LogP contribution is 2.28. The Kier molecular flexibility index (Phi) is 7.12. The molecule has 2 amide bonds. The standard InChI is InChI=1S/C23H33N5O4/c1-15(2)26(21(30)16-10-9-11-17(12-16)28(31)32)14-20(29)24-19-13-18(22(3,4)5)25-27(19)23(6,7)8/h9-13,15H,14H2,1-8H3,(H,24,29). The number of benzene rings is 1. The quantitative estimate of drug-likeness (QED) is 0.528. The van der Waals surface area contributed by atoms with Gasteiger partial charge in [-0.25, -0.2) is 4.68 Å². The first-order valence-electron chi connectivity index (χ1n) is 10.6. The van der Waals surface area contributed by atoms with E-state index in [1.165, 1.54) is 29.2 Å². The van der Waals surface area contributed by atoms with Crippen LogP contribution in [-0.4, -0.2) is 44.0 Å². The van der Waals surface area contributed by atoms with Crippen LogP contribution in [0, 0.1) is 10.1 Å². The van der Waals surface area contributed by atoms with Crippen molar-refractivity contribution in [3.63, 3.8) is 0 Å². The van der Waals surface area contributed by atoms with Gasteiger partial charge in [-0.15, -0.1) is 0 Å². The zero-order chi connectivity index (χ0) is 24.4. The normalized spacial score (nSPS) is 12.0. The molecule has 0 aliphatic heterocycles. The average molecular weight is 444 g/mol. The lowest BCUT2D eigenvalue weighted by Crippen LogP contribution is -2.42. The van der Waals surface area contributed by atoms with E-state index in [9.17, 15) is 19.7 Å². The highest BCUT2D eigenvalue weighted by Gasteiger charge is 2.27.